The van der Waals surface area contributed by atoms with Gasteiger partial charge in [0.15, 0.2) is 0 Å². The van der Waals surface area contributed by atoms with Crippen LogP contribution in [0.3, 0.4) is 0 Å². The maximum absolute atomic E-state index is 6.72. The maximum atomic E-state index is 6.72. The molecule has 0 aliphatic heterocycles. The number of rotatable bonds is 7. The van der Waals surface area contributed by atoms with Crippen LogP contribution in [-0.4, -0.2) is 12.6 Å². The Morgan fingerprint density at radius 2 is 1.43 bits per heavy atom. The Balaban J connectivity index is 2.25. The van der Waals surface area contributed by atoms with Crippen LogP contribution in [0.1, 0.15) is 36.1 Å². The van der Waals surface area contributed by atoms with E-state index in [-0.39, 0.29) is 6.04 Å². The second-order valence-corrected chi connectivity index (χ2v) is 8.02. The van der Waals surface area contributed by atoms with Crippen LogP contribution in [-0.2, 0) is 10.3 Å². The maximum Gasteiger partial charge on any atom is 0.145 e. The second kappa shape index (κ2) is 8.91. The fourth-order valence-electron chi connectivity index (χ4n) is 3.34. The average molecular weight is 394 g/mol. The predicted molar refractivity (Wildman–Crippen MR) is 118 cm³/mol. The summed E-state index contributed by atoms with van der Waals surface area (Å²) < 4.78 is 6.72. The standard InChI is InChI=1S/C25H28ClNO/c1-18(2)24(27)17-28-25(20-9-5-4-6-10-20,21-15-13-19(3)14-16-21)22-11-7-8-12-23(22)26/h4-16,18,24H,17,27H2,1-3H3/t24-,25?/m0/s1. The first-order valence-electron chi connectivity index (χ1n) is 9.72. The van der Waals surface area contributed by atoms with Crippen LogP contribution in [0, 0.1) is 12.8 Å². The van der Waals surface area contributed by atoms with Gasteiger partial charge >= 0.3 is 0 Å². The molecule has 0 radical (unpaired) electrons. The van der Waals surface area contributed by atoms with Crippen LogP contribution in [0.25, 0.3) is 0 Å². The first-order chi connectivity index (χ1) is 13.4. The molecule has 0 saturated heterocycles. The molecule has 0 aliphatic rings. The number of nitrogens with two attached hydrogens (primary N) is 1. The van der Waals surface area contributed by atoms with E-state index in [0.29, 0.717) is 17.5 Å². The Bertz CT molecular complexity index is 892. The number of hydrogen-bond donors (Lipinski definition) is 1. The molecule has 0 spiro atoms. The first-order valence-corrected chi connectivity index (χ1v) is 10.1. The van der Waals surface area contributed by atoms with Gasteiger partial charge in [0.05, 0.1) is 6.61 Å². The van der Waals surface area contributed by atoms with E-state index in [4.69, 9.17) is 22.1 Å². The molecule has 0 bridgehead atoms. The molecule has 3 aromatic rings. The molecule has 0 amide bonds. The van der Waals surface area contributed by atoms with Crippen LogP contribution in [0.2, 0.25) is 5.02 Å². The van der Waals surface area contributed by atoms with Crippen molar-refractivity contribution in [2.24, 2.45) is 11.7 Å². The molecule has 3 heteroatoms. The Labute approximate surface area is 173 Å². The van der Waals surface area contributed by atoms with Gasteiger partial charge in [-0.05, 0) is 30.0 Å². The van der Waals surface area contributed by atoms with Crippen molar-refractivity contribution in [1.29, 1.82) is 0 Å². The van der Waals surface area contributed by atoms with Gasteiger partial charge in [0.2, 0.25) is 0 Å². The number of aryl methyl sites for hydroxylation is 1. The molecule has 146 valence electrons. The van der Waals surface area contributed by atoms with Gasteiger partial charge in [0.1, 0.15) is 5.60 Å². The summed E-state index contributed by atoms with van der Waals surface area (Å²) in [5, 5.41) is 0.671. The SMILES string of the molecule is Cc1ccc(C(OC[C@H](N)C(C)C)(c2ccccc2)c2ccccc2Cl)cc1. The van der Waals surface area contributed by atoms with Crippen molar-refractivity contribution in [3.05, 3.63) is 106 Å². The lowest BCUT2D eigenvalue weighted by molar-refractivity contribution is -0.000381. The highest BCUT2D eigenvalue weighted by molar-refractivity contribution is 6.31. The zero-order valence-corrected chi connectivity index (χ0v) is 17.5. The van der Waals surface area contributed by atoms with E-state index in [1.807, 2.05) is 42.5 Å². The smallest absolute Gasteiger partial charge is 0.145 e. The summed E-state index contributed by atoms with van der Waals surface area (Å²) in [6.07, 6.45) is 0. The number of hydrogen-bond acceptors (Lipinski definition) is 2. The zero-order valence-electron chi connectivity index (χ0n) is 16.7. The van der Waals surface area contributed by atoms with Crippen LogP contribution >= 0.6 is 11.6 Å². The van der Waals surface area contributed by atoms with Gasteiger partial charge < -0.3 is 10.5 Å². The van der Waals surface area contributed by atoms with Gasteiger partial charge in [0, 0.05) is 16.6 Å². The number of halogens is 1. The molecular formula is C25H28ClNO. The molecule has 2 nitrogen and oxygen atoms in total. The molecule has 2 atom stereocenters. The summed E-state index contributed by atoms with van der Waals surface area (Å²) >= 11 is 6.71. The van der Waals surface area contributed by atoms with E-state index in [9.17, 15) is 0 Å². The van der Waals surface area contributed by atoms with Crippen molar-refractivity contribution < 1.29 is 4.74 Å². The van der Waals surface area contributed by atoms with Gasteiger partial charge in [0.25, 0.3) is 0 Å². The molecule has 28 heavy (non-hydrogen) atoms. The van der Waals surface area contributed by atoms with Gasteiger partial charge in [-0.2, -0.15) is 0 Å². The van der Waals surface area contributed by atoms with E-state index >= 15 is 0 Å². The Morgan fingerprint density at radius 1 is 0.857 bits per heavy atom. The first kappa shape index (κ1) is 20.6. The fourth-order valence-corrected chi connectivity index (χ4v) is 3.61. The molecule has 3 rings (SSSR count). The summed E-state index contributed by atoms with van der Waals surface area (Å²) in [6, 6.07) is 26.5. The van der Waals surface area contributed by atoms with Crippen LogP contribution in [0.5, 0.6) is 0 Å². The topological polar surface area (TPSA) is 35.2 Å². The Hall–Kier alpha value is -2.13. The van der Waals surface area contributed by atoms with Crippen molar-refractivity contribution in [1.82, 2.24) is 0 Å². The van der Waals surface area contributed by atoms with Crippen molar-refractivity contribution in [2.75, 3.05) is 6.61 Å². The minimum atomic E-state index is -0.834. The summed E-state index contributed by atoms with van der Waals surface area (Å²) in [7, 11) is 0. The molecule has 0 aliphatic carbocycles. The summed E-state index contributed by atoms with van der Waals surface area (Å²) in [6.45, 7) is 6.73. The van der Waals surface area contributed by atoms with Gasteiger partial charge in [-0.1, -0.05) is 104 Å². The molecule has 2 N–H and O–H groups in total. The molecule has 0 saturated carbocycles. The van der Waals surface area contributed by atoms with Crippen molar-refractivity contribution in [3.8, 4) is 0 Å². The predicted octanol–water partition coefficient (Wildman–Crippen LogP) is 5.94. The molecule has 1 unspecified atom stereocenters. The highest BCUT2D eigenvalue weighted by atomic mass is 35.5. The third-order valence-electron chi connectivity index (χ3n) is 5.24. The number of ether oxygens (including phenoxy) is 1. The lowest BCUT2D eigenvalue weighted by Crippen LogP contribution is -2.40. The Kier molecular flexibility index (Phi) is 6.56. The van der Waals surface area contributed by atoms with Crippen LogP contribution in [0.15, 0.2) is 78.9 Å². The lowest BCUT2D eigenvalue weighted by Gasteiger charge is -2.37. The van der Waals surface area contributed by atoms with Gasteiger partial charge in [-0.15, -0.1) is 0 Å². The average Bonchev–Trinajstić information content (AvgIpc) is 2.71. The molecular weight excluding hydrogens is 366 g/mol. The summed E-state index contributed by atoms with van der Waals surface area (Å²) in [5.74, 6) is 0.317. The van der Waals surface area contributed by atoms with Crippen LogP contribution in [0.4, 0.5) is 0 Å². The minimum Gasteiger partial charge on any atom is -0.359 e. The highest BCUT2D eigenvalue weighted by Gasteiger charge is 2.39. The lowest BCUT2D eigenvalue weighted by atomic mass is 9.79. The summed E-state index contributed by atoms with van der Waals surface area (Å²) in [5.41, 5.74) is 9.71. The minimum absolute atomic E-state index is 0.0731. The third-order valence-corrected chi connectivity index (χ3v) is 5.57. The summed E-state index contributed by atoms with van der Waals surface area (Å²) in [4.78, 5) is 0. The third kappa shape index (κ3) is 4.15. The van der Waals surface area contributed by atoms with Crippen LogP contribution < -0.4 is 5.73 Å². The molecule has 3 aromatic carbocycles. The van der Waals surface area contributed by atoms with E-state index in [0.717, 1.165) is 16.7 Å². The highest BCUT2D eigenvalue weighted by Crippen LogP contribution is 2.43. The Morgan fingerprint density at radius 3 is 2.04 bits per heavy atom. The van der Waals surface area contributed by atoms with Gasteiger partial charge in [-0.3, -0.25) is 0 Å². The van der Waals surface area contributed by atoms with Gasteiger partial charge in [-0.25, -0.2) is 0 Å². The van der Waals surface area contributed by atoms with Crippen molar-refractivity contribution >= 4 is 11.6 Å². The molecule has 0 fully saturated rings. The largest absolute Gasteiger partial charge is 0.359 e. The quantitative estimate of drug-likeness (QED) is 0.504. The molecule has 0 aromatic heterocycles. The monoisotopic (exact) mass is 393 g/mol. The van der Waals surface area contributed by atoms with E-state index in [1.54, 1.807) is 0 Å². The van der Waals surface area contributed by atoms with Crippen molar-refractivity contribution in [3.63, 3.8) is 0 Å². The second-order valence-electron chi connectivity index (χ2n) is 7.61. The fraction of sp³-hybridized carbons (Fsp3) is 0.280. The zero-order chi connectivity index (χ0) is 20.1. The van der Waals surface area contributed by atoms with E-state index in [2.05, 4.69) is 57.2 Å². The molecule has 0 heterocycles. The van der Waals surface area contributed by atoms with E-state index in [1.165, 1.54) is 5.56 Å². The number of benzene rings is 3. The normalized spacial score (nSPS) is 14.6. The van der Waals surface area contributed by atoms with E-state index < -0.39 is 5.60 Å². The van der Waals surface area contributed by atoms with Crippen molar-refractivity contribution in [2.45, 2.75) is 32.4 Å².